The van der Waals surface area contributed by atoms with Crippen LogP contribution in [0.3, 0.4) is 0 Å². The summed E-state index contributed by atoms with van der Waals surface area (Å²) >= 11 is 3.35. The highest BCUT2D eigenvalue weighted by molar-refractivity contribution is 9.10. The first-order valence-electron chi connectivity index (χ1n) is 6.89. The Bertz CT molecular complexity index is 534. The normalized spacial score (nSPS) is 21.3. The number of carbonyl (C=O) groups is 2. The summed E-state index contributed by atoms with van der Waals surface area (Å²) in [6, 6.07) is 6.67. The van der Waals surface area contributed by atoms with Crippen LogP contribution in [0.1, 0.15) is 19.8 Å². The number of nitrogens with zero attached hydrogens (tertiary/aromatic N) is 1. The largest absolute Gasteiger partial charge is 0.493 e. The molecule has 1 aromatic rings. The molecule has 0 aliphatic carbocycles. The highest BCUT2D eigenvalue weighted by atomic mass is 79.9. The minimum absolute atomic E-state index is 0.00236. The molecule has 6 heteroatoms. The lowest BCUT2D eigenvalue weighted by atomic mass is 10.0. The molecule has 1 aliphatic rings. The van der Waals surface area contributed by atoms with Gasteiger partial charge < -0.3 is 14.7 Å². The molecule has 1 N–H and O–H groups in total. The molecule has 1 aliphatic heterocycles. The number of ether oxygens (including phenoxy) is 1. The third-order valence-electron chi connectivity index (χ3n) is 3.65. The molecule has 2 rings (SSSR count). The van der Waals surface area contributed by atoms with Crippen molar-refractivity contribution in [3.8, 4) is 5.75 Å². The molecule has 2 atom stereocenters. The van der Waals surface area contributed by atoms with Crippen LogP contribution in [0, 0.1) is 5.92 Å². The molecule has 2 unspecified atom stereocenters. The Labute approximate surface area is 132 Å². The molecule has 0 aromatic heterocycles. The molecule has 1 aromatic carbocycles. The van der Waals surface area contributed by atoms with Gasteiger partial charge in [-0.05, 0) is 30.5 Å². The number of hydrogen-bond acceptors (Lipinski definition) is 3. The number of likely N-dealkylation sites (tertiary alicyclic amines) is 1. The van der Waals surface area contributed by atoms with Crippen LogP contribution in [-0.4, -0.2) is 41.1 Å². The molecule has 1 fully saturated rings. The number of aliphatic carboxylic acids is 1. The van der Waals surface area contributed by atoms with Crippen LogP contribution in [0.2, 0.25) is 0 Å². The van der Waals surface area contributed by atoms with Gasteiger partial charge in [0, 0.05) is 11.0 Å². The summed E-state index contributed by atoms with van der Waals surface area (Å²) in [5.41, 5.74) is 0. The maximum absolute atomic E-state index is 12.1. The van der Waals surface area contributed by atoms with E-state index < -0.39 is 12.0 Å². The van der Waals surface area contributed by atoms with E-state index >= 15 is 0 Å². The molecule has 0 bridgehead atoms. The van der Waals surface area contributed by atoms with Gasteiger partial charge in [-0.3, -0.25) is 4.79 Å². The van der Waals surface area contributed by atoms with Crippen molar-refractivity contribution in [3.05, 3.63) is 28.7 Å². The van der Waals surface area contributed by atoms with Gasteiger partial charge in [-0.25, -0.2) is 4.79 Å². The Kier molecular flexibility index (Phi) is 5.22. The minimum Gasteiger partial charge on any atom is -0.493 e. The second-order valence-corrected chi connectivity index (χ2v) is 6.11. The van der Waals surface area contributed by atoms with Crippen LogP contribution in [0.5, 0.6) is 5.75 Å². The van der Waals surface area contributed by atoms with Crippen molar-refractivity contribution < 1.29 is 19.4 Å². The van der Waals surface area contributed by atoms with Gasteiger partial charge in [-0.1, -0.05) is 28.9 Å². The standard InChI is InChI=1S/C15H18BrNO4/c1-10-5-7-17(14(10)15(19)20)13(18)6-8-21-12-4-2-3-11(16)9-12/h2-4,9-10,14H,5-8H2,1H3,(H,19,20). The highest BCUT2D eigenvalue weighted by Gasteiger charge is 2.39. The Morgan fingerprint density at radius 3 is 2.90 bits per heavy atom. The Balaban J connectivity index is 1.86. The van der Waals surface area contributed by atoms with E-state index in [2.05, 4.69) is 15.9 Å². The maximum atomic E-state index is 12.1. The van der Waals surface area contributed by atoms with Crippen LogP contribution >= 0.6 is 15.9 Å². The highest BCUT2D eigenvalue weighted by Crippen LogP contribution is 2.25. The SMILES string of the molecule is CC1CCN(C(=O)CCOc2cccc(Br)c2)C1C(=O)O. The van der Waals surface area contributed by atoms with Crippen molar-refractivity contribution >= 4 is 27.8 Å². The predicted molar refractivity (Wildman–Crippen MR) is 81.2 cm³/mol. The van der Waals surface area contributed by atoms with E-state index in [1.54, 1.807) is 0 Å². The van der Waals surface area contributed by atoms with E-state index in [1.807, 2.05) is 31.2 Å². The van der Waals surface area contributed by atoms with E-state index in [4.69, 9.17) is 4.74 Å². The van der Waals surface area contributed by atoms with Crippen molar-refractivity contribution in [2.75, 3.05) is 13.2 Å². The van der Waals surface area contributed by atoms with Crippen molar-refractivity contribution in [1.29, 1.82) is 0 Å². The molecule has 114 valence electrons. The molecule has 5 nitrogen and oxygen atoms in total. The average molecular weight is 356 g/mol. The number of benzene rings is 1. The fourth-order valence-electron chi connectivity index (χ4n) is 2.56. The van der Waals surface area contributed by atoms with Gasteiger partial charge in [0.05, 0.1) is 13.0 Å². The summed E-state index contributed by atoms with van der Waals surface area (Å²) in [6.45, 7) is 2.62. The topological polar surface area (TPSA) is 66.8 Å². The molecule has 1 saturated heterocycles. The lowest BCUT2D eigenvalue weighted by Crippen LogP contribution is -2.43. The summed E-state index contributed by atoms with van der Waals surface area (Å²) in [6.07, 6.45) is 0.915. The van der Waals surface area contributed by atoms with Crippen molar-refractivity contribution in [2.45, 2.75) is 25.8 Å². The first-order chi connectivity index (χ1) is 9.99. The lowest BCUT2D eigenvalue weighted by molar-refractivity contribution is -0.149. The van der Waals surface area contributed by atoms with Gasteiger partial charge in [0.15, 0.2) is 0 Å². The summed E-state index contributed by atoms with van der Waals surface area (Å²) < 4.78 is 6.42. The number of rotatable bonds is 5. The van der Waals surface area contributed by atoms with Gasteiger partial charge in [0.25, 0.3) is 0 Å². The number of hydrogen-bond donors (Lipinski definition) is 1. The molecule has 1 heterocycles. The van der Waals surface area contributed by atoms with Gasteiger partial charge in [0.2, 0.25) is 5.91 Å². The zero-order chi connectivity index (χ0) is 15.4. The van der Waals surface area contributed by atoms with Crippen LogP contribution in [0.4, 0.5) is 0 Å². The van der Waals surface area contributed by atoms with E-state index in [-0.39, 0.29) is 24.9 Å². The zero-order valence-electron chi connectivity index (χ0n) is 11.8. The lowest BCUT2D eigenvalue weighted by Gasteiger charge is -2.23. The Hall–Kier alpha value is -1.56. The number of carbonyl (C=O) groups excluding carboxylic acids is 1. The van der Waals surface area contributed by atoms with Gasteiger partial charge in [-0.2, -0.15) is 0 Å². The van der Waals surface area contributed by atoms with E-state index in [0.29, 0.717) is 12.3 Å². The second kappa shape index (κ2) is 6.93. The summed E-state index contributed by atoms with van der Waals surface area (Å²) in [5.74, 6) is -0.415. The van der Waals surface area contributed by atoms with Gasteiger partial charge >= 0.3 is 5.97 Å². The van der Waals surface area contributed by atoms with Crippen LogP contribution < -0.4 is 4.74 Å². The first kappa shape index (κ1) is 15.8. The summed E-state index contributed by atoms with van der Waals surface area (Å²) in [4.78, 5) is 24.8. The average Bonchev–Trinajstić information content (AvgIpc) is 2.81. The molecular formula is C15H18BrNO4. The van der Waals surface area contributed by atoms with E-state index in [1.165, 1.54) is 4.90 Å². The van der Waals surface area contributed by atoms with Crippen LogP contribution in [0.15, 0.2) is 28.7 Å². The first-order valence-corrected chi connectivity index (χ1v) is 7.69. The smallest absolute Gasteiger partial charge is 0.326 e. The Morgan fingerprint density at radius 2 is 2.24 bits per heavy atom. The third-order valence-corrected chi connectivity index (χ3v) is 4.15. The van der Waals surface area contributed by atoms with Gasteiger partial charge in [-0.15, -0.1) is 0 Å². The molecule has 0 radical (unpaired) electrons. The zero-order valence-corrected chi connectivity index (χ0v) is 13.4. The van der Waals surface area contributed by atoms with Crippen LogP contribution in [0.25, 0.3) is 0 Å². The predicted octanol–water partition coefficient (Wildman–Crippen LogP) is 2.54. The molecule has 1 amide bonds. The molecule has 21 heavy (non-hydrogen) atoms. The Morgan fingerprint density at radius 1 is 1.48 bits per heavy atom. The monoisotopic (exact) mass is 355 g/mol. The fraction of sp³-hybridized carbons (Fsp3) is 0.467. The van der Waals surface area contributed by atoms with Gasteiger partial charge in [0.1, 0.15) is 11.8 Å². The molecule has 0 spiro atoms. The summed E-state index contributed by atoms with van der Waals surface area (Å²) in [5, 5.41) is 9.21. The van der Waals surface area contributed by atoms with Crippen molar-refractivity contribution in [2.24, 2.45) is 5.92 Å². The van der Waals surface area contributed by atoms with Crippen molar-refractivity contribution in [1.82, 2.24) is 4.90 Å². The molecular weight excluding hydrogens is 338 g/mol. The number of carboxylic acids is 1. The summed E-state index contributed by atoms with van der Waals surface area (Å²) in [7, 11) is 0. The number of amides is 1. The second-order valence-electron chi connectivity index (χ2n) is 5.19. The van der Waals surface area contributed by atoms with E-state index in [9.17, 15) is 14.7 Å². The van der Waals surface area contributed by atoms with E-state index in [0.717, 1.165) is 10.9 Å². The minimum atomic E-state index is -0.929. The molecule has 0 saturated carbocycles. The maximum Gasteiger partial charge on any atom is 0.326 e. The number of halogens is 1. The number of carboxylic acid groups (broad SMARTS) is 1. The quantitative estimate of drug-likeness (QED) is 0.881. The fourth-order valence-corrected chi connectivity index (χ4v) is 2.94. The van der Waals surface area contributed by atoms with Crippen molar-refractivity contribution in [3.63, 3.8) is 0 Å². The van der Waals surface area contributed by atoms with Crippen LogP contribution in [-0.2, 0) is 9.59 Å². The third kappa shape index (κ3) is 3.97.